The van der Waals surface area contributed by atoms with E-state index in [1.165, 1.54) is 64.2 Å². The molecule has 0 bridgehead atoms. The number of ether oxygens (including phenoxy) is 3. The summed E-state index contributed by atoms with van der Waals surface area (Å²) < 4.78 is 17.7. The molecule has 0 saturated carbocycles. The largest absolute Gasteiger partial charge is 0.507 e. The lowest BCUT2D eigenvalue weighted by molar-refractivity contribution is -0.248. The van der Waals surface area contributed by atoms with E-state index in [4.69, 9.17) is 19.9 Å². The lowest BCUT2D eigenvalue weighted by atomic mass is 9.71. The third-order valence-corrected chi connectivity index (χ3v) is 12.1. The second-order valence-electron chi connectivity index (χ2n) is 17.0. The van der Waals surface area contributed by atoms with Crippen molar-refractivity contribution in [3.05, 3.63) is 75.9 Å². The molecule has 344 valence electrons. The number of nitrogens with zero attached hydrogens (tertiary/aromatic N) is 1. The minimum atomic E-state index is -2.25. The molecule has 0 unspecified atom stereocenters. The molecule has 5 rings (SSSR count). The molecule has 0 radical (unpaired) electrons. The van der Waals surface area contributed by atoms with Crippen molar-refractivity contribution >= 4 is 30.4 Å². The number of aliphatic imine (C=N–C) groups is 1. The normalized spacial score (nSPS) is 23.5. The van der Waals surface area contributed by atoms with E-state index in [1.54, 1.807) is 6.92 Å². The highest BCUT2D eigenvalue weighted by Crippen LogP contribution is 2.52. The first-order valence-corrected chi connectivity index (χ1v) is 22.6. The van der Waals surface area contributed by atoms with Gasteiger partial charge in [0, 0.05) is 48.5 Å². The Morgan fingerprint density at radius 1 is 0.984 bits per heavy atom. The van der Waals surface area contributed by atoms with Gasteiger partial charge in [-0.25, -0.2) is 4.99 Å². The Hall–Kier alpha value is -4.58. The molecule has 15 nitrogen and oxygen atoms in total. The second kappa shape index (κ2) is 23.4. The maximum absolute atomic E-state index is 14.1. The monoisotopic (exact) mass is 874 g/mol. The summed E-state index contributed by atoms with van der Waals surface area (Å²) in [6.45, 7) is 5.33. The molecule has 0 spiro atoms. The number of allylic oxidation sites excluding steroid dienone is 4. The summed E-state index contributed by atoms with van der Waals surface area (Å²) in [6.07, 6.45) is 17.2. The van der Waals surface area contributed by atoms with Crippen LogP contribution < -0.4 is 21.0 Å². The van der Waals surface area contributed by atoms with Crippen LogP contribution in [0.3, 0.4) is 0 Å². The molecular weight excluding hydrogens is 807 g/mol. The number of phenols is 2. The minimum Gasteiger partial charge on any atom is -0.507 e. The van der Waals surface area contributed by atoms with Crippen LogP contribution in [-0.2, 0) is 20.7 Å². The molecule has 1 saturated heterocycles. The molecule has 0 aromatic heterocycles. The second-order valence-corrected chi connectivity index (χ2v) is 17.0. The SMILES string of the molecule is CCCCC/C=C\C/C=C\CCCCCCCCNC(N)=NCC(=O)[C@]1(O)Cc2c(O)c3c(c(O)c2[C@@H](O[C@H]2C[C@H](NB(C)O)[C@H](O)[C@H](C)O2)C1)C(=O)c1c(OC)cccc1C3=O. The van der Waals surface area contributed by atoms with Crippen LogP contribution in [0.4, 0.5) is 0 Å². The zero-order valence-electron chi connectivity index (χ0n) is 37.2. The Balaban J connectivity index is 1.24. The maximum atomic E-state index is 14.1. The standard InChI is InChI=1S/C47H67BN4O11/c1-5-6-7-8-9-10-11-12-13-14-15-16-17-18-19-20-24-50-46(49)51-28-35(53)47(59)26-31-38(34(27-47)63-36-25-32(52-48(3)60)41(54)29(2)62-36)45(58)40-39(43(31)56)42(55)30-22-21-23-33(61-4)37(30)44(40)57/h9-10,12-13,21-23,29,32,34,36,41,52,54,56,58-60H,5-8,11,14-20,24-28H2,1-4H3,(H3,49,50,51)/b10-9-,13-12-/t29-,32-,34-,36-,41+,47-/m0/s1. The third-order valence-electron chi connectivity index (χ3n) is 12.1. The number of hydrogen-bond donors (Lipinski definition) is 8. The number of phenolic OH excluding ortho intramolecular Hbond substituents is 2. The Morgan fingerprint density at radius 2 is 1.65 bits per heavy atom. The summed E-state index contributed by atoms with van der Waals surface area (Å²) in [5.74, 6) is -3.54. The molecule has 2 aromatic carbocycles. The summed E-state index contributed by atoms with van der Waals surface area (Å²) in [6, 6.07) is 3.73. The number of carbonyl (C=O) groups excluding carboxylic acids is 3. The zero-order chi connectivity index (χ0) is 45.7. The van der Waals surface area contributed by atoms with Crippen LogP contribution >= 0.6 is 0 Å². The number of nitrogens with one attached hydrogen (secondary N) is 2. The van der Waals surface area contributed by atoms with Gasteiger partial charge in [0.25, 0.3) is 0 Å². The Morgan fingerprint density at radius 3 is 2.33 bits per heavy atom. The molecule has 1 heterocycles. The van der Waals surface area contributed by atoms with Crippen molar-refractivity contribution in [1.29, 1.82) is 0 Å². The average molecular weight is 875 g/mol. The third kappa shape index (κ3) is 12.4. The van der Waals surface area contributed by atoms with E-state index in [9.17, 15) is 39.8 Å². The number of ketones is 3. The van der Waals surface area contributed by atoms with Gasteiger partial charge in [0.15, 0.2) is 23.8 Å². The zero-order valence-corrected chi connectivity index (χ0v) is 37.2. The number of aliphatic hydroxyl groups is 2. The number of methoxy groups -OCH3 is 1. The van der Waals surface area contributed by atoms with Gasteiger partial charge in [0.1, 0.15) is 29.4 Å². The van der Waals surface area contributed by atoms with Crippen molar-refractivity contribution in [2.24, 2.45) is 10.7 Å². The molecule has 1 fully saturated rings. The summed E-state index contributed by atoms with van der Waals surface area (Å²) in [5.41, 5.74) is 2.52. The molecule has 9 N–H and O–H groups in total. The number of aromatic hydroxyl groups is 2. The molecule has 2 aromatic rings. The summed E-state index contributed by atoms with van der Waals surface area (Å²) in [7, 11) is 0.348. The predicted octanol–water partition coefficient (Wildman–Crippen LogP) is 5.47. The number of hydrogen-bond acceptors (Lipinski definition) is 13. The Kier molecular flexibility index (Phi) is 18.3. The lowest BCUT2D eigenvalue weighted by Crippen LogP contribution is -2.57. The Bertz CT molecular complexity index is 2010. The van der Waals surface area contributed by atoms with E-state index in [1.807, 2.05) is 0 Å². The number of unbranched alkanes of at least 4 members (excludes halogenated alkanes) is 9. The van der Waals surface area contributed by atoms with Crippen molar-refractivity contribution < 1.29 is 54.0 Å². The number of Topliss-reactive ketones (excluding diaryl/α,β-unsaturated/α-hetero) is 1. The minimum absolute atomic E-state index is 0.00401. The number of rotatable bonds is 23. The molecule has 0 amide bonds. The first kappa shape index (κ1) is 49.4. The highest BCUT2D eigenvalue weighted by Gasteiger charge is 2.50. The maximum Gasteiger partial charge on any atom is 0.373 e. The Labute approximate surface area is 371 Å². The van der Waals surface area contributed by atoms with Crippen molar-refractivity contribution in [2.45, 2.75) is 153 Å². The average Bonchev–Trinajstić information content (AvgIpc) is 3.25. The number of nitrogens with two attached hydrogens (primary N) is 1. The van der Waals surface area contributed by atoms with Gasteiger partial charge >= 0.3 is 7.05 Å². The van der Waals surface area contributed by atoms with E-state index in [0.29, 0.717) is 6.54 Å². The van der Waals surface area contributed by atoms with Crippen LogP contribution in [0, 0.1) is 0 Å². The lowest BCUT2D eigenvalue weighted by Gasteiger charge is -2.43. The summed E-state index contributed by atoms with van der Waals surface area (Å²) in [4.78, 5) is 46.1. The van der Waals surface area contributed by atoms with Gasteiger partial charge in [0.2, 0.25) is 5.78 Å². The first-order chi connectivity index (χ1) is 30.2. The van der Waals surface area contributed by atoms with Gasteiger partial charge in [-0.1, -0.05) is 81.9 Å². The number of aliphatic hydroxyl groups excluding tert-OH is 1. The van der Waals surface area contributed by atoms with Crippen LogP contribution in [0.2, 0.25) is 6.82 Å². The van der Waals surface area contributed by atoms with Crippen molar-refractivity contribution in [2.75, 3.05) is 20.2 Å². The number of benzene rings is 2. The molecule has 1 aliphatic heterocycles. The van der Waals surface area contributed by atoms with Crippen molar-refractivity contribution in [3.8, 4) is 17.2 Å². The summed E-state index contributed by atoms with van der Waals surface area (Å²) >= 11 is 0. The topological polar surface area (TPSA) is 242 Å². The quantitative estimate of drug-likeness (QED) is 0.0147. The predicted molar refractivity (Wildman–Crippen MR) is 241 cm³/mol. The van der Waals surface area contributed by atoms with E-state index in [2.05, 4.69) is 46.8 Å². The molecule has 6 atom stereocenters. The van der Waals surface area contributed by atoms with Crippen LogP contribution in [0.25, 0.3) is 0 Å². The number of fused-ring (bicyclic) bond motifs is 3. The first-order valence-electron chi connectivity index (χ1n) is 22.6. The smallest absolute Gasteiger partial charge is 0.373 e. The fourth-order valence-corrected chi connectivity index (χ4v) is 8.73. The van der Waals surface area contributed by atoms with Crippen LogP contribution in [-0.4, -0.2) is 106 Å². The molecule has 3 aliphatic rings. The molecule has 63 heavy (non-hydrogen) atoms. The van der Waals surface area contributed by atoms with E-state index in [-0.39, 0.29) is 40.4 Å². The molecule has 2 aliphatic carbocycles. The van der Waals surface area contributed by atoms with Gasteiger partial charge in [-0.05, 0) is 58.3 Å². The summed E-state index contributed by atoms with van der Waals surface area (Å²) in [5, 5.41) is 62.6. The molecular formula is C47H67BN4O11. The fourth-order valence-electron chi connectivity index (χ4n) is 8.73. The van der Waals surface area contributed by atoms with Crippen LogP contribution in [0.1, 0.15) is 153 Å². The van der Waals surface area contributed by atoms with Crippen molar-refractivity contribution in [1.82, 2.24) is 10.5 Å². The number of carbonyl (C=O) groups is 3. The van der Waals surface area contributed by atoms with Gasteiger partial charge in [-0.3, -0.25) is 14.4 Å². The number of guanidine groups is 1. The highest BCUT2D eigenvalue weighted by atomic mass is 16.7. The van der Waals surface area contributed by atoms with Gasteiger partial charge in [0.05, 0.1) is 42.1 Å². The van der Waals surface area contributed by atoms with E-state index in [0.717, 1.165) is 44.9 Å². The molecule has 16 heteroatoms. The van der Waals surface area contributed by atoms with Crippen LogP contribution in [0.15, 0.2) is 47.5 Å². The van der Waals surface area contributed by atoms with Gasteiger partial charge in [-0.15, -0.1) is 0 Å². The van der Waals surface area contributed by atoms with E-state index < -0.39 is 103 Å². The van der Waals surface area contributed by atoms with Crippen LogP contribution in [0.5, 0.6) is 17.2 Å². The van der Waals surface area contributed by atoms with Gasteiger partial charge < -0.3 is 55.9 Å². The van der Waals surface area contributed by atoms with E-state index >= 15 is 0 Å². The van der Waals surface area contributed by atoms with Gasteiger partial charge in [-0.2, -0.15) is 0 Å². The fraction of sp³-hybridized carbons (Fsp3) is 0.574. The highest BCUT2D eigenvalue weighted by molar-refractivity contribution is 6.45. The van der Waals surface area contributed by atoms with Crippen molar-refractivity contribution in [3.63, 3.8) is 0 Å².